The number of nitrogens with zero attached hydrogens (tertiary/aromatic N) is 4. The molecule has 0 spiro atoms. The Morgan fingerprint density at radius 3 is 2.61 bits per heavy atom. The first-order chi connectivity index (χ1) is 21.1. The number of carbonyl (C=O) groups is 2. The number of Topliss-reactive ketones (excluding diaryl/α,β-unsaturated/α-hetero) is 1. The van der Waals surface area contributed by atoms with Crippen LogP contribution in [0.4, 0.5) is 10.8 Å². The van der Waals surface area contributed by atoms with Gasteiger partial charge in [0, 0.05) is 29.4 Å². The Morgan fingerprint density at radius 1 is 1.14 bits per heavy atom. The van der Waals surface area contributed by atoms with Gasteiger partial charge >= 0.3 is 0 Å². The van der Waals surface area contributed by atoms with E-state index in [9.17, 15) is 14.9 Å². The van der Waals surface area contributed by atoms with Crippen molar-refractivity contribution in [3.8, 4) is 23.3 Å². The average Bonchev–Trinajstić information content (AvgIpc) is 3.47. The summed E-state index contributed by atoms with van der Waals surface area (Å²) in [6, 6.07) is 14.7. The monoisotopic (exact) mass is 632 g/mol. The van der Waals surface area contributed by atoms with Crippen molar-refractivity contribution in [2.45, 2.75) is 36.9 Å². The van der Waals surface area contributed by atoms with Crippen LogP contribution >= 0.6 is 23.1 Å². The van der Waals surface area contributed by atoms with Gasteiger partial charge in [0.05, 0.1) is 44.6 Å². The summed E-state index contributed by atoms with van der Waals surface area (Å²) in [6.45, 7) is 4.07. The van der Waals surface area contributed by atoms with Gasteiger partial charge in [-0.05, 0) is 41.7 Å². The molecule has 44 heavy (non-hydrogen) atoms. The molecular formula is C31H32N6O5S2. The summed E-state index contributed by atoms with van der Waals surface area (Å²) in [6.07, 6.45) is 0.884. The summed E-state index contributed by atoms with van der Waals surface area (Å²) in [5.41, 5.74) is 9.19. The smallest absolute Gasteiger partial charge is 0.234 e. The number of benzene rings is 2. The number of allylic oxidation sites excluding steroid dienone is 3. The van der Waals surface area contributed by atoms with Crippen LogP contribution in [0.2, 0.25) is 0 Å². The van der Waals surface area contributed by atoms with E-state index < -0.39 is 5.92 Å². The first-order valence-electron chi connectivity index (χ1n) is 13.7. The minimum Gasteiger partial charge on any atom is -0.497 e. The Morgan fingerprint density at radius 2 is 1.91 bits per heavy atom. The maximum atomic E-state index is 13.8. The molecule has 0 saturated heterocycles. The fraction of sp³-hybridized carbons (Fsp3) is 0.323. The molecule has 1 unspecified atom stereocenters. The highest BCUT2D eigenvalue weighted by molar-refractivity contribution is 8.01. The first kappa shape index (κ1) is 30.9. The van der Waals surface area contributed by atoms with Crippen molar-refractivity contribution in [2.24, 2.45) is 11.1 Å². The molecule has 2 aromatic carbocycles. The van der Waals surface area contributed by atoms with Crippen molar-refractivity contribution in [1.29, 1.82) is 5.26 Å². The number of ketones is 1. The van der Waals surface area contributed by atoms with Crippen molar-refractivity contribution < 1.29 is 23.8 Å². The first-order valence-corrected chi connectivity index (χ1v) is 15.5. The average molecular weight is 633 g/mol. The highest BCUT2D eigenvalue weighted by Crippen LogP contribution is 2.51. The normalized spacial score (nSPS) is 17.6. The molecule has 1 aliphatic heterocycles. The third-order valence-electron chi connectivity index (χ3n) is 7.39. The van der Waals surface area contributed by atoms with Gasteiger partial charge < -0.3 is 25.3 Å². The number of nitrogens with one attached hydrogen (secondary N) is 1. The number of carbonyl (C=O) groups excluding carboxylic acids is 2. The van der Waals surface area contributed by atoms with E-state index >= 15 is 0 Å². The SMILES string of the molecule is COc1cccc(C2C(C#N)=C(N)N(c3nnc(SCC(=O)Nc4ccc(OC)c(OC)c4)s3)C3=C2C(=O)CC(C)(C)C3)c1. The van der Waals surface area contributed by atoms with E-state index in [1.807, 2.05) is 38.1 Å². The van der Waals surface area contributed by atoms with E-state index in [0.29, 0.717) is 56.5 Å². The van der Waals surface area contributed by atoms with Gasteiger partial charge in [-0.15, -0.1) is 10.2 Å². The molecule has 3 N–H and O–H groups in total. The quantitative estimate of drug-likeness (QED) is 0.298. The number of hydrogen-bond acceptors (Lipinski definition) is 12. The van der Waals surface area contributed by atoms with E-state index in [-0.39, 0.29) is 34.3 Å². The number of methoxy groups -OCH3 is 3. The van der Waals surface area contributed by atoms with Crippen molar-refractivity contribution in [3.63, 3.8) is 0 Å². The number of nitrogens with two attached hydrogens (primary N) is 1. The number of thioether (sulfide) groups is 1. The van der Waals surface area contributed by atoms with Crippen LogP contribution in [0.25, 0.3) is 0 Å². The van der Waals surface area contributed by atoms with E-state index in [1.165, 1.54) is 30.2 Å². The zero-order valence-electron chi connectivity index (χ0n) is 25.0. The number of rotatable bonds is 9. The largest absolute Gasteiger partial charge is 0.497 e. The number of aromatic nitrogens is 2. The third kappa shape index (κ3) is 6.09. The second-order valence-corrected chi connectivity index (χ2v) is 13.2. The highest BCUT2D eigenvalue weighted by Gasteiger charge is 2.45. The summed E-state index contributed by atoms with van der Waals surface area (Å²) in [4.78, 5) is 28.2. The second-order valence-electron chi connectivity index (χ2n) is 11.0. The minimum absolute atomic E-state index is 0.0414. The zero-order valence-corrected chi connectivity index (χ0v) is 26.6. The van der Waals surface area contributed by atoms with Crippen LogP contribution in [0.15, 0.2) is 69.5 Å². The van der Waals surface area contributed by atoms with Crippen molar-refractivity contribution in [2.75, 3.05) is 37.3 Å². The molecule has 1 aliphatic carbocycles. The van der Waals surface area contributed by atoms with Crippen LogP contribution in [-0.4, -0.2) is 49.0 Å². The molecule has 0 saturated carbocycles. The molecule has 0 bridgehead atoms. The van der Waals surface area contributed by atoms with Crippen LogP contribution in [0.3, 0.4) is 0 Å². The summed E-state index contributed by atoms with van der Waals surface area (Å²) < 4.78 is 16.5. The second kappa shape index (κ2) is 12.6. The van der Waals surface area contributed by atoms with Crippen molar-refractivity contribution in [1.82, 2.24) is 10.2 Å². The lowest BCUT2D eigenvalue weighted by atomic mass is 9.68. The third-order valence-corrected chi connectivity index (χ3v) is 9.43. The fourth-order valence-corrected chi connectivity index (χ4v) is 7.15. The lowest BCUT2D eigenvalue weighted by Crippen LogP contribution is -2.42. The Balaban J connectivity index is 1.43. The van der Waals surface area contributed by atoms with Gasteiger partial charge in [0.2, 0.25) is 11.0 Å². The highest BCUT2D eigenvalue weighted by atomic mass is 32.2. The lowest BCUT2D eigenvalue weighted by molar-refractivity contribution is -0.118. The number of anilines is 2. The molecule has 13 heteroatoms. The predicted molar refractivity (Wildman–Crippen MR) is 169 cm³/mol. The molecule has 1 aromatic heterocycles. The van der Waals surface area contributed by atoms with Crippen LogP contribution in [-0.2, 0) is 9.59 Å². The molecule has 0 fully saturated rings. The van der Waals surface area contributed by atoms with Gasteiger partial charge in [-0.2, -0.15) is 5.26 Å². The van der Waals surface area contributed by atoms with Gasteiger partial charge in [-0.25, -0.2) is 0 Å². The van der Waals surface area contributed by atoms with E-state index in [1.54, 1.807) is 37.3 Å². The molecule has 2 aliphatic rings. The lowest BCUT2D eigenvalue weighted by Gasteiger charge is -2.42. The maximum Gasteiger partial charge on any atom is 0.234 e. The van der Waals surface area contributed by atoms with E-state index in [0.717, 1.165) is 5.56 Å². The topological polar surface area (TPSA) is 153 Å². The summed E-state index contributed by atoms with van der Waals surface area (Å²) in [5.74, 6) is 1.04. The van der Waals surface area contributed by atoms with Crippen LogP contribution < -0.4 is 30.2 Å². The van der Waals surface area contributed by atoms with E-state index in [2.05, 4.69) is 21.6 Å². The van der Waals surface area contributed by atoms with Gasteiger partial charge in [-0.3, -0.25) is 14.5 Å². The molecule has 3 aromatic rings. The fourth-order valence-electron chi connectivity index (χ4n) is 5.47. The van der Waals surface area contributed by atoms with Crippen LogP contribution in [0, 0.1) is 16.7 Å². The Hall–Kier alpha value is -4.54. The van der Waals surface area contributed by atoms with Gasteiger partial charge in [0.1, 0.15) is 11.6 Å². The molecule has 0 radical (unpaired) electrons. The minimum atomic E-state index is -0.632. The summed E-state index contributed by atoms with van der Waals surface area (Å²) in [7, 11) is 4.64. The zero-order chi connectivity index (χ0) is 31.6. The molecule has 2 heterocycles. The van der Waals surface area contributed by atoms with Gasteiger partial charge in [0.25, 0.3) is 0 Å². The van der Waals surface area contributed by atoms with Crippen molar-refractivity contribution in [3.05, 3.63) is 70.7 Å². The Bertz CT molecular complexity index is 1720. The number of nitriles is 1. The van der Waals surface area contributed by atoms with Crippen molar-refractivity contribution >= 4 is 45.6 Å². The van der Waals surface area contributed by atoms with Crippen LogP contribution in [0.5, 0.6) is 17.2 Å². The van der Waals surface area contributed by atoms with Gasteiger partial charge in [-0.1, -0.05) is 49.1 Å². The number of ether oxygens (including phenoxy) is 3. The molecule has 1 atom stereocenters. The molecule has 228 valence electrons. The Labute approximate surface area is 263 Å². The molecular weight excluding hydrogens is 601 g/mol. The Kier molecular flexibility index (Phi) is 8.85. The molecule has 5 rings (SSSR count). The maximum absolute atomic E-state index is 13.8. The molecule has 1 amide bonds. The predicted octanol–water partition coefficient (Wildman–Crippen LogP) is 5.24. The standard InChI is InChI=1S/C31H32N6O5S2/c1-31(2)13-21-27(22(38)14-31)26(17-7-6-8-19(11-17)40-3)20(15-32)28(33)37(21)29-35-36-30(44-29)43-16-25(39)34-18-9-10-23(41-4)24(12-18)42-5/h6-12,26H,13-14,16,33H2,1-5H3,(H,34,39). The summed E-state index contributed by atoms with van der Waals surface area (Å²) in [5, 5.41) is 22.2. The number of hydrogen-bond donors (Lipinski definition) is 2. The summed E-state index contributed by atoms with van der Waals surface area (Å²) >= 11 is 2.46. The van der Waals surface area contributed by atoms with Gasteiger partial charge in [0.15, 0.2) is 21.6 Å². The van der Waals surface area contributed by atoms with Crippen LogP contribution in [0.1, 0.15) is 38.2 Å². The van der Waals surface area contributed by atoms with E-state index in [4.69, 9.17) is 19.9 Å². The number of amides is 1. The molecule has 11 nitrogen and oxygen atoms in total.